The van der Waals surface area contributed by atoms with Crippen LogP contribution in [0.1, 0.15) is 31.4 Å². The van der Waals surface area contributed by atoms with E-state index in [4.69, 9.17) is 4.74 Å². The van der Waals surface area contributed by atoms with Crippen LogP contribution in [0, 0.1) is 5.82 Å². The minimum Gasteiger partial charge on any atom is -0.370 e. The van der Waals surface area contributed by atoms with Crippen molar-refractivity contribution in [2.24, 2.45) is 0 Å². The fourth-order valence-electron chi connectivity index (χ4n) is 4.08. The van der Waals surface area contributed by atoms with E-state index in [1.165, 1.54) is 22.8 Å². The predicted octanol–water partition coefficient (Wildman–Crippen LogP) is 2.85. The van der Waals surface area contributed by atoms with E-state index in [9.17, 15) is 14.0 Å². The van der Waals surface area contributed by atoms with Crippen LogP contribution in [-0.2, 0) is 16.0 Å². The van der Waals surface area contributed by atoms with Crippen LogP contribution < -0.4 is 5.32 Å². The summed E-state index contributed by atoms with van der Waals surface area (Å²) in [5.41, 5.74) is 1.55. The van der Waals surface area contributed by atoms with E-state index in [0.717, 1.165) is 38.8 Å². The summed E-state index contributed by atoms with van der Waals surface area (Å²) in [5, 5.41) is 7.22. The number of halogens is 1. The second-order valence-corrected chi connectivity index (χ2v) is 8.08. The first-order valence-corrected chi connectivity index (χ1v) is 10.8. The normalized spacial score (nSPS) is 18.4. The van der Waals surface area contributed by atoms with Gasteiger partial charge in [-0.05, 0) is 43.9 Å². The summed E-state index contributed by atoms with van der Waals surface area (Å²) in [5.74, 6) is -0.204. The van der Waals surface area contributed by atoms with E-state index in [-0.39, 0.29) is 29.9 Å². The number of anilines is 1. The van der Waals surface area contributed by atoms with Crippen LogP contribution in [0.25, 0.3) is 17.0 Å². The molecule has 2 aliphatic heterocycles. The van der Waals surface area contributed by atoms with Gasteiger partial charge in [-0.3, -0.25) is 4.79 Å². The lowest BCUT2D eigenvalue weighted by atomic mass is 10.1. The van der Waals surface area contributed by atoms with Gasteiger partial charge >= 0.3 is 6.03 Å². The third-order valence-corrected chi connectivity index (χ3v) is 5.77. The molecule has 1 atom stereocenters. The Morgan fingerprint density at radius 3 is 2.84 bits per heavy atom. The zero-order valence-electron chi connectivity index (χ0n) is 17.5. The summed E-state index contributed by atoms with van der Waals surface area (Å²) < 4.78 is 21.4. The van der Waals surface area contributed by atoms with Gasteiger partial charge in [-0.2, -0.15) is 5.10 Å². The predicted molar refractivity (Wildman–Crippen MR) is 114 cm³/mol. The molecule has 166 valence electrons. The maximum Gasteiger partial charge on any atom is 0.321 e. The molecule has 9 nitrogen and oxygen atoms in total. The second-order valence-electron chi connectivity index (χ2n) is 8.08. The van der Waals surface area contributed by atoms with Gasteiger partial charge in [-0.1, -0.05) is 0 Å². The van der Waals surface area contributed by atoms with Crippen molar-refractivity contribution in [3.8, 4) is 11.3 Å². The van der Waals surface area contributed by atoms with Crippen LogP contribution in [0.4, 0.5) is 14.9 Å². The van der Waals surface area contributed by atoms with Gasteiger partial charge in [0.25, 0.3) is 5.78 Å². The number of likely N-dealkylation sites (tertiary alicyclic amines) is 1. The Balaban J connectivity index is 1.36. The molecule has 0 spiro atoms. The molecule has 3 aromatic rings. The first-order chi connectivity index (χ1) is 15.6. The van der Waals surface area contributed by atoms with Gasteiger partial charge in [-0.25, -0.2) is 23.7 Å². The Morgan fingerprint density at radius 1 is 1.22 bits per heavy atom. The summed E-state index contributed by atoms with van der Waals surface area (Å²) in [6.45, 7) is 2.05. The Hall–Kier alpha value is -3.40. The third kappa shape index (κ3) is 4.18. The van der Waals surface area contributed by atoms with Crippen molar-refractivity contribution >= 4 is 23.3 Å². The highest BCUT2D eigenvalue weighted by atomic mass is 19.1. The molecular weight excluding hydrogens is 415 g/mol. The summed E-state index contributed by atoms with van der Waals surface area (Å²) in [6.07, 6.45) is 6.40. The number of benzene rings is 1. The maximum absolute atomic E-state index is 14.6. The zero-order chi connectivity index (χ0) is 22.1. The lowest BCUT2D eigenvalue weighted by Gasteiger charge is -2.16. The van der Waals surface area contributed by atoms with Gasteiger partial charge in [0.15, 0.2) is 5.78 Å². The number of nitrogens with zero attached hydrogens (tertiary/aromatic N) is 5. The number of ketones is 1. The molecule has 2 aliphatic rings. The molecule has 1 aromatic carbocycles. The number of amides is 2. The number of rotatable bonds is 5. The monoisotopic (exact) mass is 438 g/mol. The summed E-state index contributed by atoms with van der Waals surface area (Å²) in [4.78, 5) is 35.0. The average molecular weight is 438 g/mol. The molecule has 0 bridgehead atoms. The highest BCUT2D eigenvalue weighted by Gasteiger charge is 2.24. The molecule has 2 aromatic heterocycles. The number of carbonyl (C=O) groups excluding carboxylic acids is 2. The molecule has 10 heteroatoms. The van der Waals surface area contributed by atoms with E-state index in [1.54, 1.807) is 17.2 Å². The molecule has 2 saturated heterocycles. The minimum absolute atomic E-state index is 0.0241. The van der Waals surface area contributed by atoms with Crippen molar-refractivity contribution in [2.45, 2.75) is 38.2 Å². The first kappa shape index (κ1) is 20.5. The number of hydrogen-bond donors (Lipinski definition) is 1. The standard InChI is InChI=1S/C22H23FN6O3/c23-17-6-5-14(25-22(31)28-7-1-2-8-28)10-16(17)18-13-29-21(26-18)24-12-15(27-29)11-19(30)20-4-3-9-32-20/h5-6,10,12-13,20H,1-4,7-9,11H2,(H,25,31). The SMILES string of the molecule is O=C(Cc1cnc2nc(-c3cc(NC(=O)N4CCCC4)ccc3F)cn2n1)C1CCCO1. The van der Waals surface area contributed by atoms with Crippen LogP contribution in [0.3, 0.4) is 0 Å². The molecule has 2 fully saturated rings. The largest absolute Gasteiger partial charge is 0.370 e. The number of hydrogen-bond acceptors (Lipinski definition) is 6. The highest BCUT2D eigenvalue weighted by molar-refractivity contribution is 5.90. The fraction of sp³-hybridized carbons (Fsp3) is 0.409. The Bertz CT molecular complexity index is 1170. The van der Waals surface area contributed by atoms with Crippen molar-refractivity contribution < 1.29 is 18.7 Å². The number of ether oxygens (including phenoxy) is 1. The van der Waals surface area contributed by atoms with Gasteiger partial charge in [0.05, 0.1) is 30.2 Å². The van der Waals surface area contributed by atoms with Crippen molar-refractivity contribution in [1.29, 1.82) is 0 Å². The molecule has 1 N–H and O–H groups in total. The van der Waals surface area contributed by atoms with Gasteiger partial charge in [0.1, 0.15) is 11.9 Å². The van der Waals surface area contributed by atoms with Crippen LogP contribution >= 0.6 is 0 Å². The van der Waals surface area contributed by atoms with Gasteiger partial charge < -0.3 is 15.0 Å². The first-order valence-electron chi connectivity index (χ1n) is 10.8. The molecule has 0 aliphatic carbocycles. The summed E-state index contributed by atoms with van der Waals surface area (Å²) >= 11 is 0. The summed E-state index contributed by atoms with van der Waals surface area (Å²) in [7, 11) is 0. The third-order valence-electron chi connectivity index (χ3n) is 5.77. The Labute approximate surface area is 183 Å². The lowest BCUT2D eigenvalue weighted by Crippen LogP contribution is -2.32. The van der Waals surface area contributed by atoms with E-state index in [0.29, 0.717) is 29.5 Å². The maximum atomic E-state index is 14.6. The lowest BCUT2D eigenvalue weighted by molar-refractivity contribution is -0.127. The molecule has 0 saturated carbocycles. The number of nitrogens with one attached hydrogen (secondary N) is 1. The number of urea groups is 1. The van der Waals surface area contributed by atoms with Crippen LogP contribution in [-0.4, -0.2) is 62.1 Å². The Morgan fingerprint density at radius 2 is 2.06 bits per heavy atom. The number of fused-ring (bicyclic) bond motifs is 1. The topological polar surface area (TPSA) is 102 Å². The Kier molecular flexibility index (Phi) is 5.52. The van der Waals surface area contributed by atoms with Crippen LogP contribution in [0.2, 0.25) is 0 Å². The van der Waals surface area contributed by atoms with Gasteiger partial charge in [0, 0.05) is 30.9 Å². The van der Waals surface area contributed by atoms with Gasteiger partial charge in [0.2, 0.25) is 0 Å². The summed E-state index contributed by atoms with van der Waals surface area (Å²) in [6, 6.07) is 4.17. The molecular formula is C22H23FN6O3. The molecule has 0 radical (unpaired) electrons. The molecule has 1 unspecified atom stereocenters. The molecule has 5 rings (SSSR count). The highest BCUT2D eigenvalue weighted by Crippen LogP contribution is 2.26. The van der Waals surface area contributed by atoms with E-state index < -0.39 is 5.82 Å². The van der Waals surface area contributed by atoms with E-state index >= 15 is 0 Å². The van der Waals surface area contributed by atoms with Gasteiger partial charge in [-0.15, -0.1) is 0 Å². The number of aromatic nitrogens is 4. The quantitative estimate of drug-likeness (QED) is 0.657. The van der Waals surface area contributed by atoms with Crippen molar-refractivity contribution in [3.05, 3.63) is 42.1 Å². The number of Topliss-reactive ketones (excluding diaryl/α,β-unsaturated/α-hetero) is 1. The van der Waals surface area contributed by atoms with Crippen molar-refractivity contribution in [3.63, 3.8) is 0 Å². The van der Waals surface area contributed by atoms with Crippen LogP contribution in [0.5, 0.6) is 0 Å². The second kappa shape index (κ2) is 8.62. The smallest absolute Gasteiger partial charge is 0.321 e. The van der Waals surface area contributed by atoms with E-state index in [2.05, 4.69) is 20.4 Å². The fourth-order valence-corrected chi connectivity index (χ4v) is 4.08. The van der Waals surface area contributed by atoms with Crippen molar-refractivity contribution in [1.82, 2.24) is 24.5 Å². The zero-order valence-corrected chi connectivity index (χ0v) is 17.5. The minimum atomic E-state index is -0.471. The number of imidazole rings is 1. The molecule has 4 heterocycles. The van der Waals surface area contributed by atoms with E-state index in [1.807, 2.05) is 0 Å². The van der Waals surface area contributed by atoms with Crippen molar-refractivity contribution in [2.75, 3.05) is 25.0 Å². The number of carbonyl (C=O) groups is 2. The van der Waals surface area contributed by atoms with Crippen LogP contribution in [0.15, 0.2) is 30.6 Å². The molecule has 32 heavy (non-hydrogen) atoms. The molecule has 2 amide bonds. The average Bonchev–Trinajstić information content (AvgIpc) is 3.55.